The lowest BCUT2D eigenvalue weighted by Crippen LogP contribution is -1.93. The Balaban J connectivity index is 2.61. The van der Waals surface area contributed by atoms with Gasteiger partial charge in [0.05, 0.1) is 16.4 Å². The molecule has 2 rings (SSSR count). The van der Waals surface area contributed by atoms with Crippen LogP contribution in [0.2, 0.25) is 5.02 Å². The standard InChI is InChI=1S/C11H8ClN2/c12-9-5-2-1-4-8(9)11-10(13)6-3-7-14-11/h1-5,7H,13H2. The third kappa shape index (κ3) is 1.56. The molecule has 2 aromatic rings. The van der Waals surface area contributed by atoms with Crippen molar-refractivity contribution in [3.8, 4) is 11.3 Å². The molecule has 1 radical (unpaired) electrons. The number of benzene rings is 1. The summed E-state index contributed by atoms with van der Waals surface area (Å²) in [4.78, 5) is 4.17. The Hall–Kier alpha value is -1.54. The Bertz CT molecular complexity index is 411. The van der Waals surface area contributed by atoms with Crippen molar-refractivity contribution in [1.29, 1.82) is 0 Å². The number of anilines is 1. The average Bonchev–Trinajstić information content (AvgIpc) is 2.20. The van der Waals surface area contributed by atoms with Crippen LogP contribution in [0, 0.1) is 6.07 Å². The number of nitrogens with two attached hydrogens (primary N) is 1. The van der Waals surface area contributed by atoms with Gasteiger partial charge in [-0.1, -0.05) is 29.8 Å². The maximum Gasteiger partial charge on any atom is 0.0952 e. The van der Waals surface area contributed by atoms with Crippen LogP contribution in [0.1, 0.15) is 0 Å². The van der Waals surface area contributed by atoms with E-state index in [4.69, 9.17) is 17.3 Å². The molecule has 14 heavy (non-hydrogen) atoms. The third-order valence-corrected chi connectivity index (χ3v) is 2.23. The second kappa shape index (κ2) is 3.68. The van der Waals surface area contributed by atoms with E-state index < -0.39 is 0 Å². The molecule has 0 bridgehead atoms. The van der Waals surface area contributed by atoms with Crippen molar-refractivity contribution in [2.24, 2.45) is 0 Å². The zero-order chi connectivity index (χ0) is 9.97. The van der Waals surface area contributed by atoms with Gasteiger partial charge in [-0.05, 0) is 12.1 Å². The molecule has 1 heterocycles. The fourth-order valence-corrected chi connectivity index (χ4v) is 1.47. The number of aromatic nitrogens is 1. The first-order valence-corrected chi connectivity index (χ1v) is 4.54. The molecule has 1 aromatic heterocycles. The van der Waals surface area contributed by atoms with Gasteiger partial charge in [-0.3, -0.25) is 4.98 Å². The SMILES string of the molecule is Nc1[c]ccnc1-c1ccccc1Cl. The molecule has 2 nitrogen and oxygen atoms in total. The van der Waals surface area contributed by atoms with Gasteiger partial charge >= 0.3 is 0 Å². The van der Waals surface area contributed by atoms with E-state index in [1.165, 1.54) is 0 Å². The van der Waals surface area contributed by atoms with Crippen molar-refractivity contribution in [3.63, 3.8) is 0 Å². The van der Waals surface area contributed by atoms with Crippen LogP contribution in [0.5, 0.6) is 0 Å². The smallest absolute Gasteiger partial charge is 0.0952 e. The highest BCUT2D eigenvalue weighted by atomic mass is 35.5. The summed E-state index contributed by atoms with van der Waals surface area (Å²) in [5.41, 5.74) is 7.77. The third-order valence-electron chi connectivity index (χ3n) is 1.90. The van der Waals surface area contributed by atoms with Gasteiger partial charge in [0, 0.05) is 17.8 Å². The molecule has 2 N–H and O–H groups in total. The Labute approximate surface area is 87.4 Å². The molecule has 0 unspecified atom stereocenters. The quantitative estimate of drug-likeness (QED) is 0.774. The number of pyridine rings is 1. The number of nitrogen functional groups attached to an aromatic ring is 1. The first-order chi connectivity index (χ1) is 6.79. The van der Waals surface area contributed by atoms with E-state index in [2.05, 4.69) is 11.1 Å². The Kier molecular flexibility index (Phi) is 2.37. The monoisotopic (exact) mass is 203 g/mol. The largest absolute Gasteiger partial charge is 0.396 e. The molecule has 0 aliphatic rings. The van der Waals surface area contributed by atoms with E-state index in [1.54, 1.807) is 12.3 Å². The second-order valence-corrected chi connectivity index (χ2v) is 3.24. The molecule has 0 fully saturated rings. The number of hydrogen-bond acceptors (Lipinski definition) is 2. The van der Waals surface area contributed by atoms with E-state index in [9.17, 15) is 0 Å². The molecule has 0 aliphatic heterocycles. The van der Waals surface area contributed by atoms with Gasteiger partial charge in [0.1, 0.15) is 0 Å². The van der Waals surface area contributed by atoms with Gasteiger partial charge in [-0.2, -0.15) is 0 Å². The number of hydrogen-bond donors (Lipinski definition) is 1. The summed E-state index contributed by atoms with van der Waals surface area (Å²) < 4.78 is 0. The summed E-state index contributed by atoms with van der Waals surface area (Å²) in [5, 5.41) is 0.645. The van der Waals surface area contributed by atoms with E-state index in [0.717, 1.165) is 5.56 Å². The minimum atomic E-state index is 0.514. The molecule has 0 spiro atoms. The summed E-state index contributed by atoms with van der Waals surface area (Å²) in [5.74, 6) is 0. The van der Waals surface area contributed by atoms with Crippen LogP contribution < -0.4 is 5.73 Å². The van der Waals surface area contributed by atoms with Crippen LogP contribution in [0.4, 0.5) is 5.69 Å². The first-order valence-electron chi connectivity index (χ1n) is 4.16. The normalized spacial score (nSPS) is 10.1. The summed E-state index contributed by atoms with van der Waals surface area (Å²) in [7, 11) is 0. The number of halogens is 1. The Morgan fingerprint density at radius 3 is 2.79 bits per heavy atom. The van der Waals surface area contributed by atoms with Crippen LogP contribution in [0.25, 0.3) is 11.3 Å². The Morgan fingerprint density at radius 2 is 2.07 bits per heavy atom. The first kappa shape index (κ1) is 9.03. The molecule has 3 heteroatoms. The van der Waals surface area contributed by atoms with Crippen LogP contribution in [-0.4, -0.2) is 4.98 Å². The minimum Gasteiger partial charge on any atom is -0.396 e. The lowest BCUT2D eigenvalue weighted by atomic mass is 10.1. The molecular weight excluding hydrogens is 196 g/mol. The maximum absolute atomic E-state index is 6.02. The van der Waals surface area contributed by atoms with Crippen molar-refractivity contribution in [1.82, 2.24) is 4.98 Å². The molecule has 0 amide bonds. The van der Waals surface area contributed by atoms with Crippen molar-refractivity contribution >= 4 is 17.3 Å². The summed E-state index contributed by atoms with van der Waals surface area (Å²) in [6.45, 7) is 0. The molecular formula is C11H8ClN2. The summed E-state index contributed by atoms with van der Waals surface area (Å²) in [6.07, 6.45) is 1.65. The molecule has 0 atom stereocenters. The van der Waals surface area contributed by atoms with Crippen LogP contribution in [0.15, 0.2) is 36.5 Å². The van der Waals surface area contributed by atoms with Gasteiger partial charge in [0.15, 0.2) is 0 Å². The van der Waals surface area contributed by atoms with Crippen LogP contribution in [0.3, 0.4) is 0 Å². The van der Waals surface area contributed by atoms with E-state index in [-0.39, 0.29) is 0 Å². The predicted octanol–water partition coefficient (Wildman–Crippen LogP) is 2.78. The zero-order valence-corrected chi connectivity index (χ0v) is 8.12. The van der Waals surface area contributed by atoms with E-state index in [0.29, 0.717) is 16.4 Å². The number of nitrogens with zero attached hydrogens (tertiary/aromatic N) is 1. The minimum absolute atomic E-state index is 0.514. The number of rotatable bonds is 1. The highest BCUT2D eigenvalue weighted by Crippen LogP contribution is 2.28. The van der Waals surface area contributed by atoms with E-state index >= 15 is 0 Å². The van der Waals surface area contributed by atoms with Gasteiger partial charge < -0.3 is 5.73 Å². The molecule has 1 aromatic carbocycles. The maximum atomic E-state index is 6.02. The highest BCUT2D eigenvalue weighted by molar-refractivity contribution is 6.33. The lowest BCUT2D eigenvalue weighted by Gasteiger charge is -2.05. The highest BCUT2D eigenvalue weighted by Gasteiger charge is 2.06. The average molecular weight is 204 g/mol. The van der Waals surface area contributed by atoms with Gasteiger partial charge in [0.2, 0.25) is 0 Å². The molecule has 69 valence electrons. The van der Waals surface area contributed by atoms with Crippen LogP contribution >= 0.6 is 11.6 Å². The lowest BCUT2D eigenvalue weighted by molar-refractivity contribution is 1.33. The van der Waals surface area contributed by atoms with E-state index in [1.807, 2.05) is 24.3 Å². The van der Waals surface area contributed by atoms with Gasteiger partial charge in [-0.25, -0.2) is 0 Å². The van der Waals surface area contributed by atoms with Crippen LogP contribution in [-0.2, 0) is 0 Å². The van der Waals surface area contributed by atoms with Gasteiger partial charge in [0.25, 0.3) is 0 Å². The zero-order valence-electron chi connectivity index (χ0n) is 7.37. The fraction of sp³-hybridized carbons (Fsp3) is 0. The summed E-state index contributed by atoms with van der Waals surface area (Å²) in [6, 6.07) is 12.0. The predicted molar refractivity (Wildman–Crippen MR) is 57.9 cm³/mol. The molecule has 0 saturated carbocycles. The topological polar surface area (TPSA) is 38.9 Å². The van der Waals surface area contributed by atoms with Crippen molar-refractivity contribution in [2.45, 2.75) is 0 Å². The molecule has 0 saturated heterocycles. The fourth-order valence-electron chi connectivity index (χ4n) is 1.24. The van der Waals surface area contributed by atoms with Crippen molar-refractivity contribution < 1.29 is 0 Å². The molecule has 0 aliphatic carbocycles. The Morgan fingerprint density at radius 1 is 1.29 bits per heavy atom. The van der Waals surface area contributed by atoms with Crippen molar-refractivity contribution in [2.75, 3.05) is 5.73 Å². The van der Waals surface area contributed by atoms with Gasteiger partial charge in [-0.15, -0.1) is 0 Å². The second-order valence-electron chi connectivity index (χ2n) is 2.83. The summed E-state index contributed by atoms with van der Waals surface area (Å²) >= 11 is 6.02. The van der Waals surface area contributed by atoms with Crippen molar-refractivity contribution in [3.05, 3.63) is 47.6 Å².